The molecule has 0 heterocycles. The molecule has 0 aliphatic heterocycles. The van der Waals surface area contributed by atoms with Crippen molar-refractivity contribution in [1.82, 2.24) is 0 Å². The van der Waals surface area contributed by atoms with Crippen LogP contribution >= 0.6 is 15.9 Å². The van der Waals surface area contributed by atoms with E-state index < -0.39 is 0 Å². The van der Waals surface area contributed by atoms with E-state index in [4.69, 9.17) is 0 Å². The number of alkyl halides is 1. The minimum absolute atomic E-state index is 0.0118. The highest BCUT2D eigenvalue weighted by Gasteiger charge is 2.14. The van der Waals surface area contributed by atoms with Gasteiger partial charge in [0, 0.05) is 11.0 Å². The highest BCUT2D eigenvalue weighted by molar-refractivity contribution is 9.08. The Morgan fingerprint density at radius 2 is 1.74 bits per heavy atom. The number of hydrogen-bond acceptors (Lipinski definition) is 1. The third kappa shape index (κ3) is 3.67. The molecule has 0 bridgehead atoms. The molecule has 2 aromatic rings. The zero-order chi connectivity index (χ0) is 13.7. The zero-order valence-electron chi connectivity index (χ0n) is 10.8. The molecular formula is C16H16BrNO. The highest BCUT2D eigenvalue weighted by Crippen LogP contribution is 2.18. The van der Waals surface area contributed by atoms with Crippen LogP contribution in [0.1, 0.15) is 24.0 Å². The van der Waals surface area contributed by atoms with E-state index >= 15 is 0 Å². The lowest BCUT2D eigenvalue weighted by Gasteiger charge is -2.12. The lowest BCUT2D eigenvalue weighted by molar-refractivity contribution is -0.117. The van der Waals surface area contributed by atoms with Gasteiger partial charge in [-0.15, -0.1) is 0 Å². The molecule has 98 valence electrons. The van der Waals surface area contributed by atoms with Crippen molar-refractivity contribution in [3.63, 3.8) is 0 Å². The van der Waals surface area contributed by atoms with Gasteiger partial charge in [0.15, 0.2) is 0 Å². The number of hydrogen-bond donors (Lipinski definition) is 1. The molecule has 0 aliphatic carbocycles. The fourth-order valence-electron chi connectivity index (χ4n) is 1.82. The summed E-state index contributed by atoms with van der Waals surface area (Å²) in [6.07, 6.45) is 0. The Labute approximate surface area is 122 Å². The predicted molar refractivity (Wildman–Crippen MR) is 82.6 cm³/mol. The number of amides is 1. The van der Waals surface area contributed by atoms with Crippen LogP contribution in [-0.2, 0) is 10.1 Å². The minimum atomic E-state index is -0.156. The summed E-state index contributed by atoms with van der Waals surface area (Å²) in [4.78, 5) is 12.1. The van der Waals surface area contributed by atoms with Crippen LogP contribution in [0.3, 0.4) is 0 Å². The second kappa shape index (κ2) is 6.53. The first-order chi connectivity index (χ1) is 9.20. The first kappa shape index (κ1) is 13.8. The summed E-state index contributed by atoms with van der Waals surface area (Å²) in [5.74, 6) is -0.144. The van der Waals surface area contributed by atoms with Crippen molar-refractivity contribution in [2.75, 3.05) is 5.32 Å². The number of halogens is 1. The van der Waals surface area contributed by atoms with Crippen molar-refractivity contribution >= 4 is 27.5 Å². The third-order valence-corrected chi connectivity index (χ3v) is 3.72. The summed E-state index contributed by atoms with van der Waals surface area (Å²) in [7, 11) is 0. The fraction of sp³-hybridized carbons (Fsp3) is 0.188. The van der Waals surface area contributed by atoms with Gasteiger partial charge in [0.25, 0.3) is 0 Å². The maximum atomic E-state index is 12.1. The Morgan fingerprint density at radius 3 is 2.32 bits per heavy atom. The predicted octanol–water partition coefficient (Wildman–Crippen LogP) is 4.32. The SMILES string of the molecule is CC(C(=O)Nc1ccc(CBr)cc1)c1ccccc1. The van der Waals surface area contributed by atoms with E-state index in [9.17, 15) is 4.79 Å². The highest BCUT2D eigenvalue weighted by atomic mass is 79.9. The van der Waals surface area contributed by atoms with Gasteiger partial charge in [-0.25, -0.2) is 0 Å². The Hall–Kier alpha value is -1.61. The molecule has 0 saturated carbocycles. The Bertz CT molecular complexity index is 536. The molecule has 2 aromatic carbocycles. The van der Waals surface area contributed by atoms with Crippen LogP contribution in [0.15, 0.2) is 54.6 Å². The largest absolute Gasteiger partial charge is 0.326 e. The molecule has 1 amide bonds. The van der Waals surface area contributed by atoms with Crippen molar-refractivity contribution in [2.45, 2.75) is 18.2 Å². The number of anilines is 1. The summed E-state index contributed by atoms with van der Waals surface area (Å²) in [5, 5.41) is 3.76. The molecule has 1 unspecified atom stereocenters. The quantitative estimate of drug-likeness (QED) is 0.836. The van der Waals surface area contributed by atoms with Crippen molar-refractivity contribution < 1.29 is 4.79 Å². The first-order valence-electron chi connectivity index (χ1n) is 6.21. The number of benzene rings is 2. The monoisotopic (exact) mass is 317 g/mol. The average molecular weight is 318 g/mol. The molecule has 0 radical (unpaired) electrons. The van der Waals surface area contributed by atoms with Gasteiger partial charge in [-0.1, -0.05) is 58.4 Å². The first-order valence-corrected chi connectivity index (χ1v) is 7.33. The lowest BCUT2D eigenvalue weighted by atomic mass is 10.0. The molecule has 19 heavy (non-hydrogen) atoms. The summed E-state index contributed by atoms with van der Waals surface area (Å²) >= 11 is 3.40. The Balaban J connectivity index is 2.04. The Kier molecular flexibility index (Phi) is 4.74. The summed E-state index contributed by atoms with van der Waals surface area (Å²) in [6, 6.07) is 17.6. The zero-order valence-corrected chi connectivity index (χ0v) is 12.4. The van der Waals surface area contributed by atoms with Crippen molar-refractivity contribution in [3.05, 3.63) is 65.7 Å². The van der Waals surface area contributed by atoms with E-state index in [1.807, 2.05) is 61.5 Å². The molecule has 0 saturated heterocycles. The molecule has 2 nitrogen and oxygen atoms in total. The Morgan fingerprint density at radius 1 is 1.11 bits per heavy atom. The van der Waals surface area contributed by atoms with Gasteiger partial charge in [0.05, 0.1) is 5.92 Å². The van der Waals surface area contributed by atoms with E-state index in [1.165, 1.54) is 5.56 Å². The van der Waals surface area contributed by atoms with E-state index in [-0.39, 0.29) is 11.8 Å². The van der Waals surface area contributed by atoms with Crippen LogP contribution in [0.25, 0.3) is 0 Å². The number of nitrogens with one attached hydrogen (secondary N) is 1. The van der Waals surface area contributed by atoms with Gasteiger partial charge < -0.3 is 5.32 Å². The number of carbonyl (C=O) groups excluding carboxylic acids is 1. The second-order valence-electron chi connectivity index (χ2n) is 4.45. The van der Waals surface area contributed by atoms with Gasteiger partial charge in [-0.05, 0) is 30.2 Å². The summed E-state index contributed by atoms with van der Waals surface area (Å²) in [5.41, 5.74) is 3.05. The molecule has 1 atom stereocenters. The van der Waals surface area contributed by atoms with E-state index in [0.717, 1.165) is 16.6 Å². The standard InChI is InChI=1S/C16H16BrNO/c1-12(14-5-3-2-4-6-14)16(19)18-15-9-7-13(11-17)8-10-15/h2-10,12H,11H2,1H3,(H,18,19). The van der Waals surface area contributed by atoms with Crippen LogP contribution in [0.4, 0.5) is 5.69 Å². The molecule has 0 spiro atoms. The topological polar surface area (TPSA) is 29.1 Å². The van der Waals surface area contributed by atoms with E-state index in [0.29, 0.717) is 0 Å². The van der Waals surface area contributed by atoms with Gasteiger partial charge in [0.2, 0.25) is 5.91 Å². The molecular weight excluding hydrogens is 302 g/mol. The van der Waals surface area contributed by atoms with Gasteiger partial charge >= 0.3 is 0 Å². The minimum Gasteiger partial charge on any atom is -0.326 e. The average Bonchev–Trinajstić information content (AvgIpc) is 2.48. The molecule has 0 aliphatic rings. The van der Waals surface area contributed by atoms with Crippen molar-refractivity contribution in [2.24, 2.45) is 0 Å². The normalized spacial score (nSPS) is 11.9. The van der Waals surface area contributed by atoms with Crippen LogP contribution in [0, 0.1) is 0 Å². The van der Waals surface area contributed by atoms with E-state index in [2.05, 4.69) is 21.2 Å². The molecule has 0 aromatic heterocycles. The molecule has 2 rings (SSSR count). The van der Waals surface area contributed by atoms with E-state index in [1.54, 1.807) is 0 Å². The maximum Gasteiger partial charge on any atom is 0.231 e. The fourth-order valence-corrected chi connectivity index (χ4v) is 2.19. The summed E-state index contributed by atoms with van der Waals surface area (Å²) < 4.78 is 0. The van der Waals surface area contributed by atoms with Crippen LogP contribution in [0.5, 0.6) is 0 Å². The second-order valence-corrected chi connectivity index (χ2v) is 5.01. The lowest BCUT2D eigenvalue weighted by Crippen LogP contribution is -2.18. The van der Waals surface area contributed by atoms with Crippen LogP contribution in [0.2, 0.25) is 0 Å². The van der Waals surface area contributed by atoms with Crippen molar-refractivity contribution in [3.8, 4) is 0 Å². The van der Waals surface area contributed by atoms with Crippen molar-refractivity contribution in [1.29, 1.82) is 0 Å². The maximum absolute atomic E-state index is 12.1. The third-order valence-electron chi connectivity index (χ3n) is 3.07. The molecule has 3 heteroatoms. The van der Waals surface area contributed by atoms with Crippen LogP contribution < -0.4 is 5.32 Å². The number of carbonyl (C=O) groups is 1. The molecule has 1 N–H and O–H groups in total. The van der Waals surface area contributed by atoms with Crippen LogP contribution in [-0.4, -0.2) is 5.91 Å². The van der Waals surface area contributed by atoms with Gasteiger partial charge in [-0.3, -0.25) is 4.79 Å². The number of rotatable bonds is 4. The van der Waals surface area contributed by atoms with Gasteiger partial charge in [-0.2, -0.15) is 0 Å². The molecule has 0 fully saturated rings. The summed E-state index contributed by atoms with van der Waals surface area (Å²) in [6.45, 7) is 1.91. The van der Waals surface area contributed by atoms with Gasteiger partial charge in [0.1, 0.15) is 0 Å². The smallest absolute Gasteiger partial charge is 0.231 e.